The van der Waals surface area contributed by atoms with Gasteiger partial charge in [0.05, 0.1) is 0 Å². The van der Waals surface area contributed by atoms with Gasteiger partial charge >= 0.3 is 0 Å². The van der Waals surface area contributed by atoms with Crippen molar-refractivity contribution in [3.8, 4) is 0 Å². The Bertz CT molecular complexity index is 810. The second kappa shape index (κ2) is 7.02. The molecule has 1 aliphatic heterocycles. The lowest BCUT2D eigenvalue weighted by molar-refractivity contribution is 0.263. The van der Waals surface area contributed by atoms with Crippen LogP contribution in [0.4, 0.5) is 11.5 Å². The highest BCUT2D eigenvalue weighted by Crippen LogP contribution is 2.15. The lowest BCUT2D eigenvalue weighted by Gasteiger charge is -2.36. The van der Waals surface area contributed by atoms with Crippen LogP contribution in [0.15, 0.2) is 42.5 Å². The van der Waals surface area contributed by atoms with E-state index in [1.165, 1.54) is 10.3 Å². The van der Waals surface area contributed by atoms with Crippen LogP contribution in [-0.2, 0) is 0 Å². The quantitative estimate of drug-likeness (QED) is 0.681. The van der Waals surface area contributed by atoms with E-state index in [0.29, 0.717) is 5.65 Å². The Morgan fingerprint density at radius 1 is 1.00 bits per heavy atom. The van der Waals surface area contributed by atoms with Gasteiger partial charge in [-0.3, -0.25) is 4.90 Å². The van der Waals surface area contributed by atoms with Crippen molar-refractivity contribution in [1.29, 1.82) is 0 Å². The van der Waals surface area contributed by atoms with Crippen LogP contribution >= 0.6 is 0 Å². The molecule has 1 saturated heterocycles. The number of aromatic nitrogens is 5. The van der Waals surface area contributed by atoms with Crippen molar-refractivity contribution in [2.45, 2.75) is 0 Å². The largest absolute Gasteiger partial charge is 0.369 e. The molecule has 130 valence electrons. The van der Waals surface area contributed by atoms with Gasteiger partial charge in [0.1, 0.15) is 0 Å². The van der Waals surface area contributed by atoms with Gasteiger partial charge in [0, 0.05) is 52.0 Å². The molecule has 0 spiro atoms. The molecule has 0 amide bonds. The summed E-state index contributed by atoms with van der Waals surface area (Å²) in [5, 5.41) is 15.8. The molecule has 3 heterocycles. The number of likely N-dealkylation sites (N-methyl/N-ethyl adjacent to an activating group) is 1. The van der Waals surface area contributed by atoms with Crippen LogP contribution in [-0.4, -0.2) is 76.5 Å². The van der Waals surface area contributed by atoms with Gasteiger partial charge in [-0.2, -0.15) is 0 Å². The zero-order valence-electron chi connectivity index (χ0n) is 14.4. The Kier molecular flexibility index (Phi) is 4.43. The number of benzene rings is 1. The van der Waals surface area contributed by atoms with Crippen LogP contribution in [0.1, 0.15) is 0 Å². The third-order valence-corrected chi connectivity index (χ3v) is 4.69. The zero-order chi connectivity index (χ0) is 17.1. The van der Waals surface area contributed by atoms with E-state index in [-0.39, 0.29) is 0 Å². The molecule has 1 aliphatic rings. The van der Waals surface area contributed by atoms with E-state index in [9.17, 15) is 0 Å². The molecule has 8 nitrogen and oxygen atoms in total. The zero-order valence-corrected chi connectivity index (χ0v) is 14.4. The smallest absolute Gasteiger partial charge is 0.200 e. The molecule has 1 aromatic carbocycles. The van der Waals surface area contributed by atoms with Crippen LogP contribution < -0.4 is 9.80 Å². The van der Waals surface area contributed by atoms with E-state index < -0.39 is 0 Å². The average molecular weight is 338 g/mol. The molecule has 0 N–H and O–H groups in total. The van der Waals surface area contributed by atoms with Gasteiger partial charge < -0.3 is 9.80 Å². The Morgan fingerprint density at radius 3 is 2.60 bits per heavy atom. The van der Waals surface area contributed by atoms with E-state index in [1.807, 2.05) is 12.1 Å². The van der Waals surface area contributed by atoms with E-state index in [2.05, 4.69) is 72.7 Å². The third kappa shape index (κ3) is 3.53. The summed E-state index contributed by atoms with van der Waals surface area (Å²) in [5.41, 5.74) is 1.98. The summed E-state index contributed by atoms with van der Waals surface area (Å²) in [6, 6.07) is 14.5. The second-order valence-electron chi connectivity index (χ2n) is 6.30. The monoisotopic (exact) mass is 338 g/mol. The number of para-hydroxylation sites is 1. The molecule has 0 saturated carbocycles. The Hall–Kier alpha value is -2.74. The number of tetrazole rings is 1. The van der Waals surface area contributed by atoms with Crippen molar-refractivity contribution in [2.24, 2.45) is 0 Å². The van der Waals surface area contributed by atoms with E-state index >= 15 is 0 Å². The lowest BCUT2D eigenvalue weighted by atomic mass is 10.2. The van der Waals surface area contributed by atoms with Gasteiger partial charge in [0.2, 0.25) is 0 Å². The first-order valence-corrected chi connectivity index (χ1v) is 8.58. The Labute approximate surface area is 146 Å². The number of anilines is 2. The normalized spacial score (nSPS) is 15.6. The van der Waals surface area contributed by atoms with Gasteiger partial charge in [0.25, 0.3) is 0 Å². The average Bonchev–Trinajstić information content (AvgIpc) is 3.15. The van der Waals surface area contributed by atoms with Crippen LogP contribution in [0.2, 0.25) is 0 Å². The molecule has 0 radical (unpaired) electrons. The minimum Gasteiger partial charge on any atom is -0.369 e. The van der Waals surface area contributed by atoms with Gasteiger partial charge in [-0.25, -0.2) is 0 Å². The minimum absolute atomic E-state index is 0.661. The topological polar surface area (TPSA) is 65.7 Å². The summed E-state index contributed by atoms with van der Waals surface area (Å²) < 4.78 is 1.46. The number of hydrogen-bond donors (Lipinski definition) is 0. The van der Waals surface area contributed by atoms with Crippen molar-refractivity contribution in [3.63, 3.8) is 0 Å². The molecule has 0 atom stereocenters. The number of nitrogens with zero attached hydrogens (tertiary/aromatic N) is 8. The first kappa shape index (κ1) is 15.8. The van der Waals surface area contributed by atoms with E-state index in [0.717, 1.165) is 45.1 Å². The SMILES string of the molecule is CN(CCN1CCN(c2ccccc2)CC1)c1ccc2nnnn2n1. The van der Waals surface area contributed by atoms with Crippen molar-refractivity contribution >= 4 is 17.2 Å². The van der Waals surface area contributed by atoms with Crippen molar-refractivity contribution in [3.05, 3.63) is 42.5 Å². The Balaban J connectivity index is 1.28. The minimum atomic E-state index is 0.661. The molecule has 3 aromatic rings. The molecule has 0 unspecified atom stereocenters. The maximum atomic E-state index is 4.43. The first-order valence-electron chi connectivity index (χ1n) is 8.58. The number of hydrogen-bond acceptors (Lipinski definition) is 7. The molecule has 25 heavy (non-hydrogen) atoms. The fraction of sp³-hybridized carbons (Fsp3) is 0.412. The third-order valence-electron chi connectivity index (χ3n) is 4.69. The number of piperazine rings is 1. The molecular weight excluding hydrogens is 316 g/mol. The maximum Gasteiger partial charge on any atom is 0.200 e. The molecule has 1 fully saturated rings. The summed E-state index contributed by atoms with van der Waals surface area (Å²) in [7, 11) is 2.05. The van der Waals surface area contributed by atoms with Crippen LogP contribution in [0.3, 0.4) is 0 Å². The molecule has 4 rings (SSSR count). The fourth-order valence-corrected chi connectivity index (χ4v) is 3.12. The molecule has 2 aromatic heterocycles. The molecule has 0 bridgehead atoms. The van der Waals surface area contributed by atoms with Crippen LogP contribution in [0.5, 0.6) is 0 Å². The summed E-state index contributed by atoms with van der Waals surface area (Å²) in [5.74, 6) is 0.878. The van der Waals surface area contributed by atoms with Gasteiger partial charge in [0.15, 0.2) is 11.5 Å². The summed E-state index contributed by atoms with van der Waals surface area (Å²) in [6.07, 6.45) is 0. The summed E-state index contributed by atoms with van der Waals surface area (Å²) in [6.45, 7) is 6.26. The second-order valence-corrected chi connectivity index (χ2v) is 6.30. The highest BCUT2D eigenvalue weighted by Gasteiger charge is 2.17. The predicted octanol–water partition coefficient (Wildman–Crippen LogP) is 0.778. The summed E-state index contributed by atoms with van der Waals surface area (Å²) in [4.78, 5) is 7.10. The fourth-order valence-electron chi connectivity index (χ4n) is 3.12. The van der Waals surface area contributed by atoms with Crippen molar-refractivity contribution in [1.82, 2.24) is 30.2 Å². The van der Waals surface area contributed by atoms with Crippen LogP contribution in [0, 0.1) is 0 Å². The highest BCUT2D eigenvalue weighted by atomic mass is 15.6. The first-order chi connectivity index (χ1) is 12.3. The summed E-state index contributed by atoms with van der Waals surface area (Å²) >= 11 is 0. The highest BCUT2D eigenvalue weighted by molar-refractivity contribution is 5.46. The maximum absolute atomic E-state index is 4.43. The predicted molar refractivity (Wildman–Crippen MR) is 96.9 cm³/mol. The lowest BCUT2D eigenvalue weighted by Crippen LogP contribution is -2.48. The van der Waals surface area contributed by atoms with E-state index in [4.69, 9.17) is 0 Å². The van der Waals surface area contributed by atoms with Crippen molar-refractivity contribution < 1.29 is 0 Å². The van der Waals surface area contributed by atoms with Gasteiger partial charge in [-0.05, 0) is 34.7 Å². The van der Waals surface area contributed by atoms with E-state index in [1.54, 1.807) is 0 Å². The van der Waals surface area contributed by atoms with Gasteiger partial charge in [-0.1, -0.05) is 18.2 Å². The molecule has 0 aliphatic carbocycles. The molecule has 8 heteroatoms. The molecular formula is C17H22N8. The van der Waals surface area contributed by atoms with Gasteiger partial charge in [-0.15, -0.1) is 14.8 Å². The van der Waals surface area contributed by atoms with Crippen molar-refractivity contribution in [2.75, 3.05) is 56.1 Å². The number of fused-ring (bicyclic) bond motifs is 1. The number of rotatable bonds is 5. The van der Waals surface area contributed by atoms with Crippen LogP contribution in [0.25, 0.3) is 5.65 Å². The standard InChI is InChI=1S/C17H22N8/c1-22(17-8-7-16-18-20-21-25(16)19-17)9-10-23-11-13-24(14-12-23)15-5-3-2-4-6-15/h2-8H,9-14H2,1H3. The Morgan fingerprint density at radius 2 is 1.80 bits per heavy atom.